The van der Waals surface area contributed by atoms with Crippen LogP contribution in [0.25, 0.3) is 0 Å². The monoisotopic (exact) mass is 1470 g/mol. The van der Waals surface area contributed by atoms with Crippen LogP contribution in [0.15, 0.2) is 192 Å². The molecule has 0 unspecified atom stereocenters. The second-order valence-electron chi connectivity index (χ2n) is 22.5. The smallest absolute Gasteiger partial charge is 0.180 e. The highest BCUT2D eigenvalue weighted by atomic mass is 35.5. The zero-order chi connectivity index (χ0) is 76.3. The van der Waals surface area contributed by atoms with Gasteiger partial charge in [0.1, 0.15) is 35.0 Å². The van der Waals surface area contributed by atoms with Crippen LogP contribution in [-0.2, 0) is 77.5 Å². The van der Waals surface area contributed by atoms with E-state index in [0.717, 1.165) is 108 Å². The Kier molecular flexibility index (Phi) is 44.2. The minimum Gasteiger partial charge on any atom is -0.497 e. The number of ether oxygens (including phenoxy) is 5. The lowest BCUT2D eigenvalue weighted by Crippen LogP contribution is -2.13. The van der Waals surface area contributed by atoms with E-state index in [0.29, 0.717) is 31.3 Å². The Labute approximate surface area is 611 Å². The van der Waals surface area contributed by atoms with E-state index in [1.807, 2.05) is 114 Å². The van der Waals surface area contributed by atoms with Crippen molar-refractivity contribution in [2.75, 3.05) is 41.8 Å². The van der Waals surface area contributed by atoms with E-state index >= 15 is 0 Å². The zero-order valence-electron chi connectivity index (χ0n) is 62.0. The van der Waals surface area contributed by atoms with Crippen molar-refractivity contribution < 1.29 is 58.1 Å². The second kappa shape index (κ2) is 49.3. The maximum absolute atomic E-state index is 12.9. The van der Waals surface area contributed by atoms with Crippen molar-refractivity contribution in [2.45, 2.75) is 156 Å². The first-order chi connectivity index (χ1) is 48.0. The molecule has 0 saturated heterocycles. The van der Waals surface area contributed by atoms with E-state index < -0.39 is 25.5 Å². The summed E-state index contributed by atoms with van der Waals surface area (Å²) in [6.45, 7) is 23.7. The molecule has 0 aromatic heterocycles. The van der Waals surface area contributed by atoms with Gasteiger partial charge in [0, 0.05) is 11.3 Å². The molecule has 0 heterocycles. The van der Waals surface area contributed by atoms with Gasteiger partial charge in [-0.2, -0.15) is 5.26 Å². The molecule has 0 aliphatic rings. The summed E-state index contributed by atoms with van der Waals surface area (Å²) in [6, 6.07) is 55.2. The molecule has 9 aromatic carbocycles. The summed E-state index contributed by atoms with van der Waals surface area (Å²) in [6.07, 6.45) is 9.58. The number of hydrogen-bond donors (Lipinski definition) is 0. The van der Waals surface area contributed by atoms with Crippen LogP contribution in [0.2, 0.25) is 10.0 Å². The molecule has 0 N–H and O–H groups in total. The molecule has 9 rings (SSSR count). The summed E-state index contributed by atoms with van der Waals surface area (Å²) in [4.78, 5) is 0.826. The number of hydrogen-bond acceptors (Lipinski definition) is 10. The van der Waals surface area contributed by atoms with Gasteiger partial charge in [0.15, 0.2) is 42.8 Å². The van der Waals surface area contributed by atoms with Gasteiger partial charge in [0.05, 0.1) is 61.2 Å². The van der Waals surface area contributed by atoms with Gasteiger partial charge in [-0.3, -0.25) is 0 Å². The van der Waals surface area contributed by atoms with Crippen LogP contribution in [0.4, 0.5) is 17.6 Å². The van der Waals surface area contributed by atoms with Crippen molar-refractivity contribution in [1.29, 1.82) is 5.26 Å². The Morgan fingerprint density at radius 1 is 0.396 bits per heavy atom. The Morgan fingerprint density at radius 3 is 1.27 bits per heavy atom. The lowest BCUT2D eigenvalue weighted by atomic mass is 10.1. The molecule has 9 aromatic rings. The van der Waals surface area contributed by atoms with Crippen LogP contribution in [-0.4, -0.2) is 63.9 Å². The molecule has 18 heteroatoms. The highest BCUT2D eigenvalue weighted by Crippen LogP contribution is 2.26. The van der Waals surface area contributed by atoms with Crippen molar-refractivity contribution in [3.8, 4) is 34.8 Å². The maximum atomic E-state index is 12.9. The van der Waals surface area contributed by atoms with Gasteiger partial charge in [-0.25, -0.2) is 34.4 Å². The molecule has 0 aliphatic carbocycles. The largest absolute Gasteiger partial charge is 0.497 e. The zero-order valence-corrected chi connectivity index (χ0v) is 65.1. The Bertz CT molecular complexity index is 4040. The summed E-state index contributed by atoms with van der Waals surface area (Å²) in [5.41, 5.74) is 11.3. The summed E-state index contributed by atoms with van der Waals surface area (Å²) >= 11 is 11.6. The average molecular weight is 1470 g/mol. The van der Waals surface area contributed by atoms with Crippen molar-refractivity contribution in [3.63, 3.8) is 0 Å². The molecule has 0 saturated carbocycles. The highest BCUT2D eigenvalue weighted by Gasteiger charge is 2.18. The van der Waals surface area contributed by atoms with Crippen molar-refractivity contribution >= 4 is 42.9 Å². The molecule has 0 fully saturated rings. The molecular weight excluding hydrogens is 1370 g/mol. The first-order valence-corrected chi connectivity index (χ1v) is 37.7. The predicted molar refractivity (Wildman–Crippen MR) is 410 cm³/mol. The van der Waals surface area contributed by atoms with Crippen LogP contribution >= 0.6 is 23.2 Å². The minimum atomic E-state index is -3.10. The molecule has 101 heavy (non-hydrogen) atoms. The third-order valence-electron chi connectivity index (χ3n) is 15.4. The van der Waals surface area contributed by atoms with E-state index in [1.54, 1.807) is 102 Å². The van der Waals surface area contributed by atoms with Crippen LogP contribution in [0.5, 0.6) is 28.7 Å². The van der Waals surface area contributed by atoms with E-state index in [4.69, 9.17) is 52.1 Å². The molecule has 0 amide bonds. The number of sulfone groups is 2. The van der Waals surface area contributed by atoms with Gasteiger partial charge in [-0.15, -0.1) is 0 Å². The van der Waals surface area contributed by atoms with Crippen molar-refractivity contribution in [3.05, 3.63) is 277 Å². The topological polar surface area (TPSA) is 138 Å². The molecule has 0 radical (unpaired) electrons. The van der Waals surface area contributed by atoms with E-state index in [-0.39, 0.29) is 28.3 Å². The summed E-state index contributed by atoms with van der Waals surface area (Å²) in [7, 11) is 1.79. The van der Waals surface area contributed by atoms with E-state index in [2.05, 4.69) is 45.9 Å². The van der Waals surface area contributed by atoms with Crippen molar-refractivity contribution in [1.82, 2.24) is 0 Å². The second-order valence-corrected chi connectivity index (χ2v) is 27.8. The highest BCUT2D eigenvalue weighted by molar-refractivity contribution is 7.92. The van der Waals surface area contributed by atoms with E-state index in [9.17, 15) is 34.4 Å². The van der Waals surface area contributed by atoms with Gasteiger partial charge in [-0.05, 0) is 243 Å². The molecule has 0 spiro atoms. The maximum Gasteiger partial charge on any atom is 0.180 e. The van der Waals surface area contributed by atoms with Crippen molar-refractivity contribution in [2.24, 2.45) is 0 Å². The average Bonchev–Trinajstić information content (AvgIpc) is 0.836. The lowest BCUT2D eigenvalue weighted by Gasteiger charge is -2.07. The molecule has 548 valence electrons. The number of benzene rings is 9. The standard InChI is InChI=1S/C11H16O2S.C10H14O2S.C9H11ClO.C9H8FN.2C9H11FO.2C9H12O.C8H8ClF/c1-4-10-5-7-11(8-6-10)14(12,13)9(2)3;1-4-9-5-6-10(7-8(9)2)13(3,11)12;1-3-7-4-5-8(10)9(6-7)11-2;1-2-7-3-4-9(10)8(5-7)6-11;1-3-7-4-5-9(11-2)8(10)6-7;1-3-7-4-5-8(10)9(6-7)11-2;1-3-8-4-6-9(10-2)7-5-8;1-3-8-6-4-5-7-9(8)10-2;1-2-6-5-7(10)3-4-8(6)9/h5-9H,4H2,1-3H3;5-7H,4H2,1-3H3;4-6H,3H2,1-2H3;3-5H,2H2,1H3;2*4-6H,3H2,1-2H3;2*4-7H,3H2,1-2H3;3-5H,2H2,1H3. The van der Waals surface area contributed by atoms with Crippen LogP contribution in [0.3, 0.4) is 0 Å². The summed E-state index contributed by atoms with van der Waals surface area (Å²) < 4.78 is 121. The SMILES string of the molecule is CCc1cc(F)ccc1Cl.CCc1ccc(Cl)c(OC)c1.CCc1ccc(F)c(C#N)c1.CCc1ccc(F)c(OC)c1.CCc1ccc(OC)c(F)c1.CCc1ccc(OC)cc1.CCc1ccc(S(=O)(=O)C(C)C)cc1.CCc1ccc(S(C)(=O)=O)cc1C.CCc1ccccc1OC. The Hall–Kier alpha value is -8.33. The van der Waals surface area contributed by atoms with Gasteiger partial charge in [-0.1, -0.05) is 158 Å². The van der Waals surface area contributed by atoms with Gasteiger partial charge >= 0.3 is 0 Å². The third kappa shape index (κ3) is 33.3. The fraction of sp³-hybridized carbons (Fsp3) is 0.337. The Balaban J connectivity index is 0.000000569. The fourth-order valence-corrected chi connectivity index (χ4v) is 11.0. The van der Waals surface area contributed by atoms with Crippen LogP contribution in [0, 0.1) is 41.5 Å². The molecule has 0 aliphatic heterocycles. The number of rotatable bonds is 17. The van der Waals surface area contributed by atoms with Crippen LogP contribution in [0.1, 0.15) is 137 Å². The Morgan fingerprint density at radius 2 is 0.832 bits per heavy atom. The number of nitriles is 1. The first kappa shape index (κ1) is 90.7. The third-order valence-corrected chi connectivity index (χ3v) is 19.3. The quantitative estimate of drug-likeness (QED) is 0.0810. The normalized spacial score (nSPS) is 10.2. The predicted octanol–water partition coefficient (Wildman–Crippen LogP) is 21.9. The van der Waals surface area contributed by atoms with Gasteiger partial charge < -0.3 is 23.7 Å². The molecule has 10 nitrogen and oxygen atoms in total. The molecule has 0 bridgehead atoms. The molecule has 0 atom stereocenters. The summed E-state index contributed by atoms with van der Waals surface area (Å²) in [5.74, 6) is 2.06. The summed E-state index contributed by atoms with van der Waals surface area (Å²) in [5, 5.41) is 9.41. The minimum absolute atomic E-state index is 0.129. The van der Waals surface area contributed by atoms with Crippen LogP contribution < -0.4 is 23.7 Å². The van der Waals surface area contributed by atoms with Gasteiger partial charge in [0.25, 0.3) is 0 Å². The number of halogens is 6. The van der Waals surface area contributed by atoms with Gasteiger partial charge in [0.2, 0.25) is 0 Å². The fourth-order valence-electron chi connectivity index (χ4n) is 8.81. The number of aryl methyl sites for hydroxylation is 10. The first-order valence-electron chi connectivity index (χ1n) is 33.5. The number of nitrogens with zero attached hydrogens (tertiary/aromatic N) is 1. The van der Waals surface area contributed by atoms with E-state index in [1.165, 1.54) is 73.1 Å². The lowest BCUT2D eigenvalue weighted by molar-refractivity contribution is 0.386. The molecular formula is C83H103Cl2F4NO9S2. The number of methoxy groups -OCH3 is 5. The number of para-hydroxylation sites is 1.